The zero-order chi connectivity index (χ0) is 29.2. The van der Waals surface area contributed by atoms with Crippen LogP contribution in [-0.2, 0) is 0 Å². The average molecular weight is 559 g/mol. The maximum Gasteiger partial charge on any atom is 0.255 e. The van der Waals surface area contributed by atoms with Gasteiger partial charge < -0.3 is 29.9 Å². The Kier molecular flexibility index (Phi) is 10.5. The van der Waals surface area contributed by atoms with E-state index in [4.69, 9.17) is 9.47 Å². The first-order valence-corrected chi connectivity index (χ1v) is 14.6. The zero-order valence-electron chi connectivity index (χ0n) is 24.6. The molecule has 3 aromatic carbocycles. The second-order valence-electron chi connectivity index (χ2n) is 10.3. The summed E-state index contributed by atoms with van der Waals surface area (Å²) in [6.07, 6.45) is 2.88. The molecule has 1 unspecified atom stereocenters. The Labute approximate surface area is 243 Å². The second-order valence-corrected chi connectivity index (χ2v) is 10.3. The van der Waals surface area contributed by atoms with Crippen LogP contribution in [0.4, 0.5) is 17.1 Å². The Morgan fingerprint density at radius 2 is 1.56 bits per heavy atom. The van der Waals surface area contributed by atoms with Crippen molar-refractivity contribution < 1.29 is 19.1 Å². The molecular weight excluding hydrogens is 516 g/mol. The van der Waals surface area contributed by atoms with Crippen molar-refractivity contribution >= 4 is 28.9 Å². The predicted molar refractivity (Wildman–Crippen MR) is 166 cm³/mol. The van der Waals surface area contributed by atoms with Gasteiger partial charge in [0.1, 0.15) is 11.5 Å². The molecule has 218 valence electrons. The Morgan fingerprint density at radius 1 is 0.878 bits per heavy atom. The summed E-state index contributed by atoms with van der Waals surface area (Å²) in [5.41, 5.74) is 3.58. The molecule has 4 rings (SSSR count). The highest BCUT2D eigenvalue weighted by molar-refractivity contribution is 6.06. The van der Waals surface area contributed by atoms with Gasteiger partial charge in [0.2, 0.25) is 0 Å². The third-order valence-corrected chi connectivity index (χ3v) is 7.42. The first-order chi connectivity index (χ1) is 19.9. The normalized spacial score (nSPS) is 13.9. The highest BCUT2D eigenvalue weighted by atomic mass is 16.5. The third-order valence-electron chi connectivity index (χ3n) is 7.42. The number of unbranched alkanes of at least 4 members (excludes halogenated alkanes) is 1. The molecule has 2 amide bonds. The molecule has 41 heavy (non-hydrogen) atoms. The molecule has 1 saturated heterocycles. The van der Waals surface area contributed by atoms with E-state index in [1.807, 2.05) is 56.3 Å². The van der Waals surface area contributed by atoms with Crippen LogP contribution in [0.2, 0.25) is 0 Å². The van der Waals surface area contributed by atoms with E-state index < -0.39 is 0 Å². The van der Waals surface area contributed by atoms with Crippen LogP contribution in [0.5, 0.6) is 11.5 Å². The molecule has 0 aromatic heterocycles. The smallest absolute Gasteiger partial charge is 0.255 e. The van der Waals surface area contributed by atoms with Crippen molar-refractivity contribution in [3.05, 3.63) is 77.9 Å². The first kappa shape index (κ1) is 29.8. The summed E-state index contributed by atoms with van der Waals surface area (Å²) in [5.74, 6) is 1.21. The van der Waals surface area contributed by atoms with Gasteiger partial charge in [-0.3, -0.25) is 9.59 Å². The van der Waals surface area contributed by atoms with Crippen molar-refractivity contribution in [1.29, 1.82) is 0 Å². The Bertz CT molecular complexity index is 1300. The van der Waals surface area contributed by atoms with Crippen LogP contribution in [0.25, 0.3) is 0 Å². The molecule has 2 N–H and O–H groups in total. The quantitative estimate of drug-likeness (QED) is 0.266. The fourth-order valence-corrected chi connectivity index (χ4v) is 4.79. The number of carbonyl (C=O) groups is 2. The van der Waals surface area contributed by atoms with Crippen molar-refractivity contribution in [2.45, 2.75) is 46.1 Å². The fraction of sp³-hybridized carbons (Fsp3) is 0.394. The third kappa shape index (κ3) is 7.72. The van der Waals surface area contributed by atoms with Crippen LogP contribution in [0.15, 0.2) is 66.7 Å². The second kappa shape index (κ2) is 14.4. The molecule has 0 aliphatic carbocycles. The number of ether oxygens (including phenoxy) is 2. The van der Waals surface area contributed by atoms with Crippen molar-refractivity contribution in [1.82, 2.24) is 5.32 Å². The van der Waals surface area contributed by atoms with E-state index in [1.54, 1.807) is 25.3 Å². The SMILES string of the molecule is CCCCOc1ccc(C(=O)Nc2ccc(N3CCN(c4ccccc4OC)CC3)c(C(=O)NC(C)CC)c2)cc1. The molecule has 8 heteroatoms. The number of rotatable bonds is 12. The van der Waals surface area contributed by atoms with Gasteiger partial charge in [-0.1, -0.05) is 32.4 Å². The molecule has 1 aliphatic rings. The Morgan fingerprint density at radius 3 is 2.22 bits per heavy atom. The minimum atomic E-state index is -0.239. The van der Waals surface area contributed by atoms with E-state index in [9.17, 15) is 9.59 Å². The summed E-state index contributed by atoms with van der Waals surface area (Å²) in [4.78, 5) is 31.0. The van der Waals surface area contributed by atoms with Gasteiger partial charge in [0.05, 0.1) is 25.0 Å². The number of amides is 2. The van der Waals surface area contributed by atoms with E-state index in [0.717, 1.165) is 68.3 Å². The van der Waals surface area contributed by atoms with E-state index >= 15 is 0 Å². The largest absolute Gasteiger partial charge is 0.495 e. The average Bonchev–Trinajstić information content (AvgIpc) is 3.01. The van der Waals surface area contributed by atoms with Crippen LogP contribution in [0, 0.1) is 0 Å². The molecular formula is C33H42N4O4. The van der Waals surface area contributed by atoms with E-state index in [2.05, 4.69) is 33.4 Å². The molecule has 1 aliphatic heterocycles. The van der Waals surface area contributed by atoms with Crippen molar-refractivity contribution in [3.63, 3.8) is 0 Å². The molecule has 0 spiro atoms. The molecule has 1 heterocycles. The molecule has 0 bridgehead atoms. The summed E-state index contributed by atoms with van der Waals surface area (Å²) in [5, 5.41) is 6.06. The van der Waals surface area contributed by atoms with Crippen LogP contribution >= 0.6 is 0 Å². The molecule has 8 nitrogen and oxygen atoms in total. The van der Waals surface area contributed by atoms with Crippen LogP contribution in [-0.4, -0.2) is 57.8 Å². The van der Waals surface area contributed by atoms with Crippen LogP contribution in [0.3, 0.4) is 0 Å². The number of carbonyl (C=O) groups excluding carboxylic acids is 2. The molecule has 1 atom stereocenters. The lowest BCUT2D eigenvalue weighted by Crippen LogP contribution is -2.47. The lowest BCUT2D eigenvalue weighted by Gasteiger charge is -2.38. The standard InChI is InChI=1S/C33H42N4O4/c1-5-7-22-41-27-15-12-25(13-16-27)32(38)35-26-14-17-29(28(23-26)33(39)34-24(3)6-2)36-18-20-37(21-19-36)30-10-8-9-11-31(30)40-4/h8-17,23-24H,5-7,18-22H2,1-4H3,(H,34,39)(H,35,38). The lowest BCUT2D eigenvalue weighted by atomic mass is 10.1. The molecule has 3 aromatic rings. The van der Waals surface area contributed by atoms with Gasteiger partial charge in [-0.05, 0) is 74.4 Å². The van der Waals surface area contributed by atoms with Gasteiger partial charge in [-0.15, -0.1) is 0 Å². The number of hydrogen-bond donors (Lipinski definition) is 2. The van der Waals surface area contributed by atoms with Gasteiger partial charge in [0.25, 0.3) is 11.8 Å². The van der Waals surface area contributed by atoms with E-state index in [-0.39, 0.29) is 17.9 Å². The topological polar surface area (TPSA) is 83.1 Å². The van der Waals surface area contributed by atoms with Crippen molar-refractivity contribution in [2.75, 3.05) is 55.0 Å². The minimum Gasteiger partial charge on any atom is -0.495 e. The van der Waals surface area contributed by atoms with E-state index in [0.29, 0.717) is 23.4 Å². The monoisotopic (exact) mass is 558 g/mol. The summed E-state index contributed by atoms with van der Waals surface area (Å²) in [6.45, 7) is 9.90. The number of methoxy groups -OCH3 is 1. The Balaban J connectivity index is 1.50. The number of benzene rings is 3. The fourth-order valence-electron chi connectivity index (χ4n) is 4.79. The summed E-state index contributed by atoms with van der Waals surface area (Å²) in [6, 6.07) is 20.8. The first-order valence-electron chi connectivity index (χ1n) is 14.6. The highest BCUT2D eigenvalue weighted by Gasteiger charge is 2.24. The van der Waals surface area contributed by atoms with Crippen LogP contribution < -0.4 is 29.9 Å². The molecule has 0 saturated carbocycles. The van der Waals surface area contributed by atoms with Gasteiger partial charge in [-0.2, -0.15) is 0 Å². The summed E-state index contributed by atoms with van der Waals surface area (Å²) < 4.78 is 11.3. The lowest BCUT2D eigenvalue weighted by molar-refractivity contribution is 0.0938. The number of para-hydroxylation sites is 2. The number of piperazine rings is 1. The maximum absolute atomic E-state index is 13.4. The Hall–Kier alpha value is -4.20. The predicted octanol–water partition coefficient (Wildman–Crippen LogP) is 5.98. The number of hydrogen-bond acceptors (Lipinski definition) is 6. The highest BCUT2D eigenvalue weighted by Crippen LogP contribution is 2.31. The summed E-state index contributed by atoms with van der Waals surface area (Å²) in [7, 11) is 1.69. The number of nitrogens with zero attached hydrogens (tertiary/aromatic N) is 2. The number of anilines is 3. The van der Waals surface area contributed by atoms with Gasteiger partial charge in [0, 0.05) is 49.2 Å². The van der Waals surface area contributed by atoms with Gasteiger partial charge in [-0.25, -0.2) is 0 Å². The molecule has 0 radical (unpaired) electrons. The number of nitrogens with one attached hydrogen (secondary N) is 2. The van der Waals surface area contributed by atoms with Crippen LogP contribution in [0.1, 0.15) is 60.7 Å². The molecule has 1 fully saturated rings. The summed E-state index contributed by atoms with van der Waals surface area (Å²) >= 11 is 0. The van der Waals surface area contributed by atoms with Crippen molar-refractivity contribution in [3.8, 4) is 11.5 Å². The minimum absolute atomic E-state index is 0.0362. The van der Waals surface area contributed by atoms with E-state index in [1.165, 1.54) is 0 Å². The van der Waals surface area contributed by atoms with Crippen molar-refractivity contribution in [2.24, 2.45) is 0 Å². The zero-order valence-corrected chi connectivity index (χ0v) is 24.6. The van der Waals surface area contributed by atoms with Gasteiger partial charge >= 0.3 is 0 Å². The van der Waals surface area contributed by atoms with Gasteiger partial charge in [0.15, 0.2) is 0 Å². The maximum atomic E-state index is 13.4.